The number of hydrogen-bond donors (Lipinski definition) is 0. The highest BCUT2D eigenvalue weighted by Gasteiger charge is 2.17. The molecule has 1 aliphatic rings. The lowest BCUT2D eigenvalue weighted by atomic mass is 10.2. The Kier molecular flexibility index (Phi) is 3.68. The van der Waals surface area contributed by atoms with Gasteiger partial charge in [0.05, 0.1) is 15.6 Å². The predicted octanol–water partition coefficient (Wildman–Crippen LogP) is 2.39. The molecule has 1 aliphatic carbocycles. The second-order valence-electron chi connectivity index (χ2n) is 3.95. The molecule has 0 heterocycles. The minimum Gasteiger partial charge on any atom is -0.288 e. The molecule has 0 aromatic heterocycles. The van der Waals surface area contributed by atoms with Gasteiger partial charge in [0.15, 0.2) is 5.78 Å². The Labute approximate surface area is 116 Å². The Hall–Kier alpha value is -1.72. The molecule has 1 aromatic carbocycles. The number of rotatable bonds is 2. The molecular weight excluding hydrogens is 286 g/mol. The zero-order valence-electron chi connectivity index (χ0n) is 10.00. The van der Waals surface area contributed by atoms with E-state index in [-0.39, 0.29) is 21.4 Å². The molecule has 0 bridgehead atoms. The summed E-state index contributed by atoms with van der Waals surface area (Å²) in [5, 5.41) is -0.0544. The molecule has 0 unspecified atom stereocenters. The van der Waals surface area contributed by atoms with Gasteiger partial charge in [-0.3, -0.25) is 4.79 Å². The van der Waals surface area contributed by atoms with Gasteiger partial charge >= 0.3 is 0 Å². The number of sulfonamides is 1. The smallest absolute Gasteiger partial charge is 0.283 e. The Morgan fingerprint density at radius 1 is 1.16 bits per heavy atom. The highest BCUT2D eigenvalue weighted by atomic mass is 35.5. The molecule has 6 heteroatoms. The Morgan fingerprint density at radius 3 is 2.47 bits per heavy atom. The summed E-state index contributed by atoms with van der Waals surface area (Å²) in [6.45, 7) is 1.69. The van der Waals surface area contributed by atoms with Crippen LogP contribution < -0.4 is 0 Å². The van der Waals surface area contributed by atoms with Crippen LogP contribution in [0.3, 0.4) is 0 Å². The summed E-state index contributed by atoms with van der Waals surface area (Å²) in [4.78, 5) is 11.3. The van der Waals surface area contributed by atoms with E-state index < -0.39 is 10.0 Å². The number of carbonyl (C=O) groups is 1. The van der Waals surface area contributed by atoms with E-state index >= 15 is 0 Å². The van der Waals surface area contributed by atoms with Gasteiger partial charge in [0.2, 0.25) is 0 Å². The molecule has 0 radical (unpaired) electrons. The molecule has 0 atom stereocenters. The fraction of sp³-hybridized carbons (Fsp3) is 0.0769. The third kappa shape index (κ3) is 3.00. The van der Waals surface area contributed by atoms with Crippen LogP contribution in [0.5, 0.6) is 0 Å². The van der Waals surface area contributed by atoms with Gasteiger partial charge in [0.25, 0.3) is 10.0 Å². The van der Waals surface area contributed by atoms with Crippen LogP contribution in [0.4, 0.5) is 0 Å². The van der Waals surface area contributed by atoms with Crippen LogP contribution in [0.1, 0.15) is 5.56 Å². The van der Waals surface area contributed by atoms with Crippen LogP contribution in [0.25, 0.3) is 0 Å². The average Bonchev–Trinajstić information content (AvgIpc) is 2.34. The summed E-state index contributed by atoms with van der Waals surface area (Å²) >= 11 is 5.65. The Morgan fingerprint density at radius 2 is 1.84 bits per heavy atom. The van der Waals surface area contributed by atoms with E-state index in [9.17, 15) is 13.2 Å². The largest absolute Gasteiger partial charge is 0.288 e. The van der Waals surface area contributed by atoms with Crippen LogP contribution in [-0.4, -0.2) is 19.9 Å². The van der Waals surface area contributed by atoms with Gasteiger partial charge in [-0.1, -0.05) is 29.8 Å². The van der Waals surface area contributed by atoms with Crippen molar-refractivity contribution in [2.45, 2.75) is 11.8 Å². The summed E-state index contributed by atoms with van der Waals surface area (Å²) in [7, 11) is -3.81. The fourth-order valence-electron chi connectivity index (χ4n) is 1.58. The minimum absolute atomic E-state index is 0.0544. The van der Waals surface area contributed by atoms with Crippen molar-refractivity contribution in [3.63, 3.8) is 0 Å². The topological polar surface area (TPSA) is 63.6 Å². The van der Waals surface area contributed by atoms with E-state index in [0.717, 1.165) is 0 Å². The molecule has 0 amide bonds. The SMILES string of the molecule is Cc1ccccc1S(=O)(=O)N=C1C=CC(=O)C(Cl)=C1. The Bertz CT molecular complexity index is 730. The van der Waals surface area contributed by atoms with Crippen LogP contribution in [-0.2, 0) is 14.8 Å². The van der Waals surface area contributed by atoms with E-state index in [1.54, 1.807) is 25.1 Å². The van der Waals surface area contributed by atoms with E-state index in [0.29, 0.717) is 5.56 Å². The van der Waals surface area contributed by atoms with Gasteiger partial charge in [-0.2, -0.15) is 12.8 Å². The van der Waals surface area contributed by atoms with E-state index in [1.807, 2.05) is 0 Å². The lowest BCUT2D eigenvalue weighted by molar-refractivity contribution is -0.110. The van der Waals surface area contributed by atoms with Crippen LogP contribution >= 0.6 is 11.6 Å². The first-order valence-electron chi connectivity index (χ1n) is 5.40. The molecule has 0 fully saturated rings. The highest BCUT2D eigenvalue weighted by Crippen LogP contribution is 2.18. The van der Waals surface area contributed by atoms with Crippen LogP contribution in [0, 0.1) is 6.92 Å². The molecule has 0 saturated heterocycles. The quantitative estimate of drug-likeness (QED) is 0.787. The van der Waals surface area contributed by atoms with Crippen molar-refractivity contribution < 1.29 is 13.2 Å². The number of hydrogen-bond acceptors (Lipinski definition) is 3. The molecule has 4 nitrogen and oxygen atoms in total. The molecule has 98 valence electrons. The second-order valence-corrected chi connectivity index (χ2v) is 5.93. The Balaban J connectivity index is 2.46. The first-order valence-corrected chi connectivity index (χ1v) is 7.22. The van der Waals surface area contributed by atoms with Crippen molar-refractivity contribution in [2.24, 2.45) is 4.40 Å². The van der Waals surface area contributed by atoms with Gasteiger partial charge in [-0.05, 0) is 36.8 Å². The minimum atomic E-state index is -3.81. The average molecular weight is 296 g/mol. The zero-order valence-corrected chi connectivity index (χ0v) is 11.6. The summed E-state index contributed by atoms with van der Waals surface area (Å²) in [6.07, 6.45) is 3.75. The molecule has 2 rings (SSSR count). The van der Waals surface area contributed by atoms with E-state index in [2.05, 4.69) is 4.40 Å². The maximum absolute atomic E-state index is 12.1. The lowest BCUT2D eigenvalue weighted by Gasteiger charge is -2.05. The van der Waals surface area contributed by atoms with Crippen LogP contribution in [0.15, 0.2) is 56.8 Å². The molecule has 19 heavy (non-hydrogen) atoms. The summed E-state index contributed by atoms with van der Waals surface area (Å²) in [5.41, 5.74) is 0.741. The number of benzene rings is 1. The highest BCUT2D eigenvalue weighted by molar-refractivity contribution is 7.90. The number of halogens is 1. The molecule has 0 aliphatic heterocycles. The van der Waals surface area contributed by atoms with Gasteiger partial charge in [-0.15, -0.1) is 0 Å². The molecular formula is C13H10ClNO3S. The first-order chi connectivity index (χ1) is 8.90. The number of aryl methyl sites for hydroxylation is 1. The number of ketones is 1. The fourth-order valence-corrected chi connectivity index (χ4v) is 2.97. The van der Waals surface area contributed by atoms with Crippen LogP contribution in [0.2, 0.25) is 0 Å². The van der Waals surface area contributed by atoms with Crippen molar-refractivity contribution in [1.29, 1.82) is 0 Å². The van der Waals surface area contributed by atoms with Gasteiger partial charge in [-0.25, -0.2) is 0 Å². The second kappa shape index (κ2) is 5.11. The number of carbonyl (C=O) groups excluding carboxylic acids is 1. The predicted molar refractivity (Wildman–Crippen MR) is 73.9 cm³/mol. The number of nitrogens with zero attached hydrogens (tertiary/aromatic N) is 1. The maximum Gasteiger partial charge on any atom is 0.283 e. The van der Waals surface area contributed by atoms with Crippen molar-refractivity contribution in [1.82, 2.24) is 0 Å². The molecule has 0 spiro atoms. The van der Waals surface area contributed by atoms with E-state index in [1.165, 1.54) is 24.3 Å². The maximum atomic E-state index is 12.1. The third-order valence-corrected chi connectivity index (χ3v) is 4.27. The molecule has 1 aromatic rings. The van der Waals surface area contributed by atoms with Crippen molar-refractivity contribution >= 4 is 33.1 Å². The van der Waals surface area contributed by atoms with E-state index in [4.69, 9.17) is 11.6 Å². The van der Waals surface area contributed by atoms with Crippen molar-refractivity contribution in [3.05, 3.63) is 53.1 Å². The molecule has 0 saturated carbocycles. The standard InChI is InChI=1S/C13H10ClNO3S/c1-9-4-2-3-5-13(9)19(17,18)15-10-6-7-12(16)11(14)8-10/h2-8H,1H3. The summed E-state index contributed by atoms with van der Waals surface area (Å²) < 4.78 is 27.9. The zero-order chi connectivity index (χ0) is 14.0. The normalized spacial score (nSPS) is 17.7. The van der Waals surface area contributed by atoms with Crippen molar-refractivity contribution in [3.8, 4) is 0 Å². The van der Waals surface area contributed by atoms with Gasteiger partial charge in [0.1, 0.15) is 0 Å². The van der Waals surface area contributed by atoms with Gasteiger partial charge in [0, 0.05) is 0 Å². The molecule has 0 N–H and O–H groups in total. The summed E-state index contributed by atoms with van der Waals surface area (Å²) in [5.74, 6) is -0.367. The summed E-state index contributed by atoms with van der Waals surface area (Å²) in [6, 6.07) is 6.55. The number of allylic oxidation sites excluding steroid dienone is 4. The monoisotopic (exact) mass is 295 g/mol. The van der Waals surface area contributed by atoms with Crippen molar-refractivity contribution in [2.75, 3.05) is 0 Å². The third-order valence-electron chi connectivity index (χ3n) is 2.51. The first kappa shape index (κ1) is 13.7. The van der Waals surface area contributed by atoms with Gasteiger partial charge < -0.3 is 0 Å². The lowest BCUT2D eigenvalue weighted by Crippen LogP contribution is -2.07.